The molecule has 3 rings (SSSR count). The van der Waals surface area contributed by atoms with Crippen LogP contribution < -0.4 is 19.5 Å². The molecular weight excluding hydrogens is 306 g/mol. The molecule has 0 spiro atoms. The highest BCUT2D eigenvalue weighted by Crippen LogP contribution is 2.38. The number of methoxy groups -OCH3 is 3. The Balaban J connectivity index is 2.14. The zero-order chi connectivity index (χ0) is 17.3. The largest absolute Gasteiger partial charge is 0.497 e. The second-order valence-corrected chi connectivity index (χ2v) is 5.49. The van der Waals surface area contributed by atoms with Crippen molar-refractivity contribution in [2.24, 2.45) is 0 Å². The first-order valence-electron chi connectivity index (χ1n) is 7.51. The average molecular weight is 325 g/mol. The lowest BCUT2D eigenvalue weighted by Gasteiger charge is -2.09. The van der Waals surface area contributed by atoms with E-state index in [0.29, 0.717) is 17.1 Å². The van der Waals surface area contributed by atoms with Crippen LogP contribution >= 0.6 is 0 Å². The molecule has 24 heavy (non-hydrogen) atoms. The van der Waals surface area contributed by atoms with Crippen molar-refractivity contribution >= 4 is 23.2 Å². The summed E-state index contributed by atoms with van der Waals surface area (Å²) in [6.45, 7) is 1.94. The summed E-state index contributed by atoms with van der Waals surface area (Å²) in [5.74, 6) is 1.96. The number of amides is 1. The molecule has 0 radical (unpaired) electrons. The van der Waals surface area contributed by atoms with Crippen LogP contribution in [0.4, 0.5) is 5.69 Å². The first-order chi connectivity index (χ1) is 11.6. The molecule has 0 unspecified atom stereocenters. The quantitative estimate of drug-likeness (QED) is 0.874. The van der Waals surface area contributed by atoms with Gasteiger partial charge in [-0.3, -0.25) is 4.79 Å². The number of benzene rings is 2. The van der Waals surface area contributed by atoms with Crippen molar-refractivity contribution in [2.45, 2.75) is 6.92 Å². The number of carbonyl (C=O) groups excluding carboxylic acids is 1. The van der Waals surface area contributed by atoms with Gasteiger partial charge in [0.2, 0.25) is 0 Å². The van der Waals surface area contributed by atoms with E-state index in [4.69, 9.17) is 14.2 Å². The number of hydrogen-bond donors (Lipinski definition) is 1. The molecule has 5 heteroatoms. The van der Waals surface area contributed by atoms with Crippen molar-refractivity contribution < 1.29 is 19.0 Å². The Morgan fingerprint density at radius 1 is 0.958 bits per heavy atom. The number of ether oxygens (including phenoxy) is 3. The maximum atomic E-state index is 12.4. The third kappa shape index (κ3) is 2.69. The second-order valence-electron chi connectivity index (χ2n) is 5.49. The van der Waals surface area contributed by atoms with Crippen molar-refractivity contribution in [3.8, 4) is 17.2 Å². The van der Waals surface area contributed by atoms with Crippen molar-refractivity contribution in [2.75, 3.05) is 26.6 Å². The van der Waals surface area contributed by atoms with Gasteiger partial charge in [0, 0.05) is 22.4 Å². The minimum atomic E-state index is -0.150. The molecule has 0 bridgehead atoms. The number of aryl methyl sites for hydroxylation is 1. The summed E-state index contributed by atoms with van der Waals surface area (Å²) in [7, 11) is 4.82. The zero-order valence-electron chi connectivity index (χ0n) is 14.1. The number of rotatable bonds is 4. The Bertz CT molecular complexity index is 840. The van der Waals surface area contributed by atoms with E-state index in [1.54, 1.807) is 27.4 Å². The summed E-state index contributed by atoms with van der Waals surface area (Å²) in [5, 5.41) is 2.89. The van der Waals surface area contributed by atoms with Gasteiger partial charge in [-0.15, -0.1) is 0 Å². The summed E-state index contributed by atoms with van der Waals surface area (Å²) in [5.41, 5.74) is 3.90. The van der Waals surface area contributed by atoms with Gasteiger partial charge < -0.3 is 19.5 Å². The summed E-state index contributed by atoms with van der Waals surface area (Å²) in [4.78, 5) is 12.4. The normalized spacial score (nSPS) is 14.3. The van der Waals surface area contributed by atoms with E-state index in [1.165, 1.54) is 0 Å². The maximum absolute atomic E-state index is 12.4. The monoisotopic (exact) mass is 325 g/mol. The molecule has 1 heterocycles. The van der Waals surface area contributed by atoms with Crippen molar-refractivity contribution in [1.82, 2.24) is 0 Å². The molecule has 1 amide bonds. The van der Waals surface area contributed by atoms with Crippen LogP contribution in [0.2, 0.25) is 0 Å². The first kappa shape index (κ1) is 15.9. The third-order valence-electron chi connectivity index (χ3n) is 4.05. The highest BCUT2D eigenvalue weighted by Gasteiger charge is 2.26. The fourth-order valence-electron chi connectivity index (χ4n) is 2.80. The Morgan fingerprint density at radius 3 is 2.38 bits per heavy atom. The summed E-state index contributed by atoms with van der Waals surface area (Å²) in [6, 6.07) is 9.25. The standard InChI is InChI=1S/C19H19NO4/c1-11-7-16-14(10-18(11)24-4)15(19(21)20-16)9-12-8-13(22-2)5-6-17(12)23-3/h5-10H,1-4H3,(H,20,21)/b15-9-. The second kappa shape index (κ2) is 6.28. The fourth-order valence-corrected chi connectivity index (χ4v) is 2.80. The van der Waals surface area contributed by atoms with Crippen LogP contribution in [0.25, 0.3) is 11.6 Å². The van der Waals surface area contributed by atoms with E-state index in [0.717, 1.165) is 28.1 Å². The van der Waals surface area contributed by atoms with Gasteiger partial charge in [-0.05, 0) is 48.9 Å². The minimum Gasteiger partial charge on any atom is -0.497 e. The van der Waals surface area contributed by atoms with Crippen LogP contribution in [-0.4, -0.2) is 27.2 Å². The van der Waals surface area contributed by atoms with Gasteiger partial charge in [-0.25, -0.2) is 0 Å². The lowest BCUT2D eigenvalue weighted by atomic mass is 10.0. The van der Waals surface area contributed by atoms with Gasteiger partial charge in [0.05, 0.1) is 21.3 Å². The Morgan fingerprint density at radius 2 is 1.71 bits per heavy atom. The lowest BCUT2D eigenvalue weighted by molar-refractivity contribution is -0.110. The Hall–Kier alpha value is -2.95. The van der Waals surface area contributed by atoms with Gasteiger partial charge >= 0.3 is 0 Å². The van der Waals surface area contributed by atoms with Crippen molar-refractivity contribution in [1.29, 1.82) is 0 Å². The van der Waals surface area contributed by atoms with E-state index in [1.807, 2.05) is 37.3 Å². The van der Waals surface area contributed by atoms with Crippen LogP contribution in [0, 0.1) is 6.92 Å². The van der Waals surface area contributed by atoms with Crippen LogP contribution in [-0.2, 0) is 4.79 Å². The number of hydrogen-bond acceptors (Lipinski definition) is 4. The molecule has 1 N–H and O–H groups in total. The van der Waals surface area contributed by atoms with Gasteiger partial charge in [0.1, 0.15) is 17.2 Å². The van der Waals surface area contributed by atoms with Crippen LogP contribution in [0.5, 0.6) is 17.2 Å². The molecule has 0 aliphatic carbocycles. The zero-order valence-corrected chi connectivity index (χ0v) is 14.1. The third-order valence-corrected chi connectivity index (χ3v) is 4.05. The van der Waals surface area contributed by atoms with Gasteiger partial charge in [0.15, 0.2) is 0 Å². The van der Waals surface area contributed by atoms with Crippen LogP contribution in [0.3, 0.4) is 0 Å². The number of nitrogens with one attached hydrogen (secondary N) is 1. The van der Waals surface area contributed by atoms with E-state index in [9.17, 15) is 4.79 Å². The molecule has 0 saturated carbocycles. The number of carbonyl (C=O) groups is 1. The predicted octanol–water partition coefficient (Wildman–Crippen LogP) is 3.51. The van der Waals surface area contributed by atoms with Crippen LogP contribution in [0.15, 0.2) is 30.3 Å². The maximum Gasteiger partial charge on any atom is 0.256 e. The molecule has 1 aliphatic heterocycles. The van der Waals surface area contributed by atoms with E-state index in [-0.39, 0.29) is 5.91 Å². The molecule has 0 atom stereocenters. The Kier molecular flexibility index (Phi) is 4.16. The van der Waals surface area contributed by atoms with E-state index < -0.39 is 0 Å². The molecule has 124 valence electrons. The number of fused-ring (bicyclic) bond motifs is 1. The first-order valence-corrected chi connectivity index (χ1v) is 7.51. The number of anilines is 1. The molecule has 0 aromatic heterocycles. The van der Waals surface area contributed by atoms with Crippen LogP contribution in [0.1, 0.15) is 16.7 Å². The van der Waals surface area contributed by atoms with E-state index in [2.05, 4.69) is 5.32 Å². The van der Waals surface area contributed by atoms with Gasteiger partial charge in [0.25, 0.3) is 5.91 Å². The fraction of sp³-hybridized carbons (Fsp3) is 0.211. The lowest BCUT2D eigenvalue weighted by Crippen LogP contribution is -2.03. The summed E-state index contributed by atoms with van der Waals surface area (Å²) < 4.78 is 16.0. The van der Waals surface area contributed by atoms with Crippen molar-refractivity contribution in [3.63, 3.8) is 0 Å². The smallest absolute Gasteiger partial charge is 0.256 e. The molecule has 0 saturated heterocycles. The summed E-state index contributed by atoms with van der Waals surface area (Å²) >= 11 is 0. The molecule has 2 aromatic carbocycles. The molecule has 2 aromatic rings. The highest BCUT2D eigenvalue weighted by atomic mass is 16.5. The minimum absolute atomic E-state index is 0.150. The van der Waals surface area contributed by atoms with Gasteiger partial charge in [-0.1, -0.05) is 0 Å². The molecule has 1 aliphatic rings. The predicted molar refractivity (Wildman–Crippen MR) is 93.8 cm³/mol. The molecule has 5 nitrogen and oxygen atoms in total. The molecule has 0 fully saturated rings. The van der Waals surface area contributed by atoms with Crippen molar-refractivity contribution in [3.05, 3.63) is 47.0 Å². The van der Waals surface area contributed by atoms with Gasteiger partial charge in [-0.2, -0.15) is 0 Å². The highest BCUT2D eigenvalue weighted by molar-refractivity contribution is 6.35. The average Bonchev–Trinajstić information content (AvgIpc) is 2.88. The SMILES string of the molecule is COc1ccc(OC)c(/C=C2\C(=O)Nc3cc(C)c(OC)cc32)c1. The topological polar surface area (TPSA) is 56.8 Å². The molecular formula is C19H19NO4. The van der Waals surface area contributed by atoms with E-state index >= 15 is 0 Å². The Labute approximate surface area is 140 Å². The summed E-state index contributed by atoms with van der Waals surface area (Å²) in [6.07, 6.45) is 1.80.